The highest BCUT2D eigenvalue weighted by atomic mass is 35.5. The lowest BCUT2D eigenvalue weighted by Gasteiger charge is -2.33. The second kappa shape index (κ2) is 11.1. The second-order valence-electron chi connectivity index (χ2n) is 9.51. The fourth-order valence-corrected chi connectivity index (χ4v) is 7.03. The smallest absolute Gasteiger partial charge is 0.591 e. The molecule has 0 amide bonds. The zero-order chi connectivity index (χ0) is 27.9. The number of pyridine rings is 1. The van der Waals surface area contributed by atoms with Crippen molar-refractivity contribution in [2.45, 2.75) is 30.3 Å². The van der Waals surface area contributed by atoms with Gasteiger partial charge >= 0.3 is 5.51 Å². The van der Waals surface area contributed by atoms with E-state index in [-0.39, 0.29) is 25.0 Å². The van der Waals surface area contributed by atoms with Gasteiger partial charge in [0.15, 0.2) is 11.4 Å². The maximum Gasteiger partial charge on any atom is 0.593 e. The van der Waals surface area contributed by atoms with Gasteiger partial charge in [0.05, 0.1) is 17.0 Å². The van der Waals surface area contributed by atoms with E-state index in [0.717, 1.165) is 37.0 Å². The Bertz CT molecular complexity index is 1590. The van der Waals surface area contributed by atoms with Crippen molar-refractivity contribution < 1.29 is 17.7 Å². The molecule has 0 saturated carbocycles. The predicted octanol–water partition coefficient (Wildman–Crippen LogP) is 7.21. The van der Waals surface area contributed by atoms with Crippen LogP contribution in [0.1, 0.15) is 40.9 Å². The maximum atomic E-state index is 13.1. The molecule has 1 saturated heterocycles. The van der Waals surface area contributed by atoms with E-state index in [1.54, 1.807) is 29.9 Å². The van der Waals surface area contributed by atoms with E-state index in [0.29, 0.717) is 23.7 Å². The first-order chi connectivity index (χ1) is 19.3. The molecular formula is C28H23ClF3N5OS2. The fraction of sp³-hybridized carbons (Fsp3) is 0.250. The van der Waals surface area contributed by atoms with Gasteiger partial charge in [-0.2, -0.15) is 0 Å². The molecule has 4 heterocycles. The Kier molecular flexibility index (Phi) is 7.58. The average Bonchev–Trinajstić information content (AvgIpc) is 3.62. The van der Waals surface area contributed by atoms with Crippen molar-refractivity contribution in [2.24, 2.45) is 0 Å². The minimum absolute atomic E-state index is 0.0646. The monoisotopic (exact) mass is 601 g/mol. The van der Waals surface area contributed by atoms with Crippen LogP contribution in [0.2, 0.25) is 5.02 Å². The molecule has 40 heavy (non-hydrogen) atoms. The first-order valence-electron chi connectivity index (χ1n) is 12.6. The van der Waals surface area contributed by atoms with Crippen LogP contribution in [0.3, 0.4) is 0 Å². The summed E-state index contributed by atoms with van der Waals surface area (Å²) in [5.41, 5.74) is -0.244. The molecule has 6 nitrogen and oxygen atoms in total. The van der Waals surface area contributed by atoms with Crippen LogP contribution >= 0.6 is 22.9 Å². The summed E-state index contributed by atoms with van der Waals surface area (Å²) in [5, 5.41) is 3.53. The van der Waals surface area contributed by atoms with E-state index in [2.05, 4.69) is 20.6 Å². The SMILES string of the molecule is [O-][S+](N1CCC(n2c(-c3cccnc3)nc3ccc(C(c4ccc(Cl)cc4)c4nccs4)cc32)CC1)C(F)(F)F. The quantitative estimate of drug-likeness (QED) is 0.192. The average molecular weight is 602 g/mol. The van der Waals surface area contributed by atoms with E-state index < -0.39 is 16.9 Å². The molecule has 5 aromatic rings. The van der Waals surface area contributed by atoms with E-state index in [1.165, 1.54) is 0 Å². The van der Waals surface area contributed by atoms with Gasteiger partial charge in [0.2, 0.25) is 0 Å². The molecule has 2 aromatic carbocycles. The van der Waals surface area contributed by atoms with E-state index in [9.17, 15) is 17.7 Å². The van der Waals surface area contributed by atoms with E-state index in [1.807, 2.05) is 53.9 Å². The van der Waals surface area contributed by atoms with E-state index in [4.69, 9.17) is 16.6 Å². The van der Waals surface area contributed by atoms with Gasteiger partial charge in [0.25, 0.3) is 0 Å². The first kappa shape index (κ1) is 27.2. The highest BCUT2D eigenvalue weighted by Crippen LogP contribution is 2.39. The molecule has 0 bridgehead atoms. The summed E-state index contributed by atoms with van der Waals surface area (Å²) in [6.07, 6.45) is 6.00. The molecule has 0 spiro atoms. The normalized spacial score (nSPS) is 16.8. The van der Waals surface area contributed by atoms with E-state index >= 15 is 0 Å². The number of fused-ring (bicyclic) bond motifs is 1. The van der Waals surface area contributed by atoms with Gasteiger partial charge in [0.1, 0.15) is 10.8 Å². The van der Waals surface area contributed by atoms with Crippen molar-refractivity contribution in [1.29, 1.82) is 0 Å². The number of piperidine rings is 1. The Morgan fingerprint density at radius 1 is 1.02 bits per heavy atom. The molecule has 0 N–H and O–H groups in total. The molecule has 206 valence electrons. The van der Waals surface area contributed by atoms with Crippen LogP contribution in [0.25, 0.3) is 22.4 Å². The Balaban J connectivity index is 1.44. The summed E-state index contributed by atoms with van der Waals surface area (Å²) in [6, 6.07) is 17.5. The summed E-state index contributed by atoms with van der Waals surface area (Å²) >= 11 is 4.72. The van der Waals surface area contributed by atoms with Gasteiger partial charge in [-0.25, -0.2) is 9.97 Å². The van der Waals surface area contributed by atoms with Crippen molar-refractivity contribution in [2.75, 3.05) is 13.1 Å². The third-order valence-corrected chi connectivity index (χ3v) is 9.41. The third kappa shape index (κ3) is 5.36. The third-order valence-electron chi connectivity index (χ3n) is 7.09. The van der Waals surface area contributed by atoms with Crippen LogP contribution in [0, 0.1) is 0 Å². The number of imidazole rings is 1. The molecule has 12 heteroatoms. The van der Waals surface area contributed by atoms with Gasteiger partial charge in [-0.1, -0.05) is 29.8 Å². The Morgan fingerprint density at radius 2 is 1.77 bits per heavy atom. The number of nitrogens with zero attached hydrogens (tertiary/aromatic N) is 5. The number of thiazole rings is 1. The van der Waals surface area contributed by atoms with Crippen LogP contribution in [0.4, 0.5) is 13.2 Å². The molecular weight excluding hydrogens is 579 g/mol. The lowest BCUT2D eigenvalue weighted by atomic mass is 9.91. The standard InChI is InChI=1S/C28H23ClF3N5OS2/c29-21-6-3-18(4-7-21)25(27-34-12-15-39-27)19-5-8-23-24(16-19)37(26(35-23)20-2-1-11-33-17-20)22-9-13-36(14-10-22)40(38)28(30,31)32/h1-8,11-12,15-17,22,25H,9-10,13-14H2. The predicted molar refractivity (Wildman–Crippen MR) is 152 cm³/mol. The maximum absolute atomic E-state index is 13.1. The Morgan fingerprint density at radius 3 is 2.42 bits per heavy atom. The second-order valence-corrected chi connectivity index (χ2v) is 12.3. The van der Waals surface area contributed by atoms with Gasteiger partial charge in [0, 0.05) is 53.7 Å². The fourth-order valence-electron chi connectivity index (χ4n) is 5.28. The number of hydrogen-bond acceptors (Lipinski definition) is 6. The molecule has 2 unspecified atom stereocenters. The Hall–Kier alpha value is -2.96. The largest absolute Gasteiger partial charge is 0.593 e. The van der Waals surface area contributed by atoms with Gasteiger partial charge in [-0.3, -0.25) is 4.98 Å². The minimum Gasteiger partial charge on any atom is -0.591 e. The van der Waals surface area contributed by atoms with Gasteiger partial charge in [-0.15, -0.1) is 28.8 Å². The lowest BCUT2D eigenvalue weighted by Crippen LogP contribution is -2.45. The molecule has 6 rings (SSSR count). The van der Waals surface area contributed by atoms with Crippen molar-refractivity contribution in [1.82, 2.24) is 23.8 Å². The van der Waals surface area contributed by atoms with Crippen molar-refractivity contribution in [3.8, 4) is 11.4 Å². The summed E-state index contributed by atoms with van der Waals surface area (Å²) in [6.45, 7) is 0.129. The Labute approximate surface area is 240 Å². The zero-order valence-electron chi connectivity index (χ0n) is 21.0. The zero-order valence-corrected chi connectivity index (χ0v) is 23.4. The summed E-state index contributed by atoms with van der Waals surface area (Å²) < 4.78 is 54.5. The molecule has 3 aromatic heterocycles. The molecule has 0 radical (unpaired) electrons. The molecule has 0 aliphatic carbocycles. The summed E-state index contributed by atoms with van der Waals surface area (Å²) in [5.74, 6) is 0.566. The minimum atomic E-state index is -4.77. The topological polar surface area (TPSA) is 69.9 Å². The number of aromatic nitrogens is 4. The van der Waals surface area contributed by atoms with Crippen LogP contribution in [0.15, 0.2) is 78.6 Å². The number of alkyl halides is 3. The summed E-state index contributed by atoms with van der Waals surface area (Å²) in [7, 11) is 0. The molecule has 1 aliphatic heterocycles. The number of halogens is 4. The van der Waals surface area contributed by atoms with Crippen LogP contribution in [0.5, 0.6) is 0 Å². The lowest BCUT2D eigenvalue weighted by molar-refractivity contribution is -0.0495. The highest BCUT2D eigenvalue weighted by molar-refractivity contribution is 7.89. The number of rotatable bonds is 6. The van der Waals surface area contributed by atoms with Crippen molar-refractivity contribution in [3.05, 3.63) is 99.7 Å². The molecule has 1 aliphatic rings. The highest BCUT2D eigenvalue weighted by Gasteiger charge is 2.50. The van der Waals surface area contributed by atoms with Crippen LogP contribution in [-0.4, -0.2) is 47.0 Å². The number of benzene rings is 2. The van der Waals surface area contributed by atoms with Crippen molar-refractivity contribution >= 4 is 45.3 Å². The molecule has 2 atom stereocenters. The summed E-state index contributed by atoms with van der Waals surface area (Å²) in [4.78, 5) is 13.8. The van der Waals surface area contributed by atoms with Gasteiger partial charge < -0.3 is 9.12 Å². The first-order valence-corrected chi connectivity index (χ1v) is 15.0. The van der Waals surface area contributed by atoms with Crippen LogP contribution < -0.4 is 0 Å². The number of hydrogen-bond donors (Lipinski definition) is 0. The van der Waals surface area contributed by atoms with Crippen molar-refractivity contribution in [3.63, 3.8) is 0 Å². The molecule has 1 fully saturated rings. The van der Waals surface area contributed by atoms with Gasteiger partial charge in [-0.05, 0) is 60.4 Å². The van der Waals surface area contributed by atoms with Crippen LogP contribution in [-0.2, 0) is 11.4 Å².